The van der Waals surface area contributed by atoms with Crippen molar-refractivity contribution in [3.05, 3.63) is 0 Å². The van der Waals surface area contributed by atoms with Crippen LogP contribution in [0.5, 0.6) is 0 Å². The van der Waals surface area contributed by atoms with Gasteiger partial charge in [0.2, 0.25) is 0 Å². The first kappa shape index (κ1) is 14.6. The van der Waals surface area contributed by atoms with Crippen molar-refractivity contribution in [3.8, 4) is 0 Å². The summed E-state index contributed by atoms with van der Waals surface area (Å²) in [5, 5.41) is 0. The molecule has 1 heterocycles. The van der Waals surface area contributed by atoms with Crippen LogP contribution < -0.4 is 0 Å². The lowest BCUT2D eigenvalue weighted by Gasteiger charge is -2.31. The molecule has 1 saturated heterocycles. The Balaban J connectivity index is 1.77. The van der Waals surface area contributed by atoms with E-state index in [-0.39, 0.29) is 6.09 Å². The number of carbonyl (C=O) groups is 1. The number of hydrogen-bond acceptors (Lipinski definition) is 3. The van der Waals surface area contributed by atoms with Crippen molar-refractivity contribution in [3.63, 3.8) is 0 Å². The summed E-state index contributed by atoms with van der Waals surface area (Å²) in [4.78, 5) is 16.4. The Kier molecular flexibility index (Phi) is 4.71. The molecule has 1 saturated carbocycles. The molecule has 0 unspecified atom stereocenters. The summed E-state index contributed by atoms with van der Waals surface area (Å²) in [7, 11) is 0. The minimum atomic E-state index is -0.394. The van der Waals surface area contributed by atoms with Gasteiger partial charge in [-0.3, -0.25) is 0 Å². The average molecular weight is 268 g/mol. The lowest BCUT2D eigenvalue weighted by atomic mass is 9.85. The number of hydrogen-bond donors (Lipinski definition) is 0. The first-order valence-corrected chi connectivity index (χ1v) is 7.64. The van der Waals surface area contributed by atoms with Crippen molar-refractivity contribution in [2.45, 2.75) is 52.1 Å². The molecule has 1 amide bonds. The van der Waals surface area contributed by atoms with Gasteiger partial charge in [-0.1, -0.05) is 6.42 Å². The maximum atomic E-state index is 12.0. The van der Waals surface area contributed by atoms with E-state index in [1.54, 1.807) is 0 Å². The molecular weight excluding hydrogens is 240 g/mol. The van der Waals surface area contributed by atoms with Crippen LogP contribution in [-0.2, 0) is 4.74 Å². The summed E-state index contributed by atoms with van der Waals surface area (Å²) in [6.45, 7) is 10.7. The quantitative estimate of drug-likeness (QED) is 0.772. The highest BCUT2D eigenvalue weighted by Gasteiger charge is 2.26. The van der Waals surface area contributed by atoms with Crippen LogP contribution in [0.2, 0.25) is 0 Å². The first-order chi connectivity index (χ1) is 8.94. The topological polar surface area (TPSA) is 32.8 Å². The number of amides is 1. The summed E-state index contributed by atoms with van der Waals surface area (Å²) in [5.41, 5.74) is -0.394. The van der Waals surface area contributed by atoms with Crippen molar-refractivity contribution in [1.29, 1.82) is 0 Å². The van der Waals surface area contributed by atoms with Gasteiger partial charge in [0.15, 0.2) is 0 Å². The van der Waals surface area contributed by atoms with Crippen molar-refractivity contribution < 1.29 is 9.53 Å². The molecule has 0 atom stereocenters. The molecule has 4 nitrogen and oxygen atoms in total. The Morgan fingerprint density at radius 1 is 1.11 bits per heavy atom. The van der Waals surface area contributed by atoms with Gasteiger partial charge in [0.05, 0.1) is 0 Å². The van der Waals surface area contributed by atoms with Crippen molar-refractivity contribution in [2.24, 2.45) is 5.92 Å². The van der Waals surface area contributed by atoms with E-state index in [9.17, 15) is 4.79 Å². The highest BCUT2D eigenvalue weighted by Crippen LogP contribution is 2.27. The van der Waals surface area contributed by atoms with E-state index in [0.717, 1.165) is 38.5 Å². The van der Waals surface area contributed by atoms with Crippen LogP contribution in [0.4, 0.5) is 4.79 Å². The lowest BCUT2D eigenvalue weighted by molar-refractivity contribution is 0.0256. The van der Waals surface area contributed by atoms with Gasteiger partial charge < -0.3 is 14.5 Å². The van der Waals surface area contributed by atoms with E-state index >= 15 is 0 Å². The fourth-order valence-electron chi connectivity index (χ4n) is 2.70. The molecule has 1 aliphatic carbocycles. The normalized spacial score (nSPS) is 22.8. The van der Waals surface area contributed by atoms with Gasteiger partial charge in [-0.25, -0.2) is 4.79 Å². The van der Waals surface area contributed by atoms with Gasteiger partial charge >= 0.3 is 6.09 Å². The van der Waals surface area contributed by atoms with Crippen LogP contribution in [0.1, 0.15) is 46.5 Å². The van der Waals surface area contributed by atoms with Gasteiger partial charge in [-0.05, 0) is 52.5 Å². The zero-order valence-corrected chi connectivity index (χ0v) is 12.7. The Morgan fingerprint density at radius 3 is 2.42 bits per heavy atom. The molecule has 0 radical (unpaired) electrons. The minimum absolute atomic E-state index is 0.155. The summed E-state index contributed by atoms with van der Waals surface area (Å²) in [6.07, 6.45) is 5.10. The van der Waals surface area contributed by atoms with Gasteiger partial charge in [0.1, 0.15) is 5.60 Å². The third-order valence-electron chi connectivity index (χ3n) is 3.98. The predicted molar refractivity (Wildman–Crippen MR) is 76.2 cm³/mol. The molecular formula is C15H28N2O2. The van der Waals surface area contributed by atoms with Crippen molar-refractivity contribution in [2.75, 3.05) is 32.7 Å². The monoisotopic (exact) mass is 268 g/mol. The molecule has 110 valence electrons. The van der Waals surface area contributed by atoms with Crippen LogP contribution in [0, 0.1) is 5.92 Å². The fraction of sp³-hybridized carbons (Fsp3) is 0.933. The molecule has 2 aliphatic rings. The van der Waals surface area contributed by atoms with Crippen molar-refractivity contribution in [1.82, 2.24) is 9.80 Å². The Morgan fingerprint density at radius 2 is 1.84 bits per heavy atom. The summed E-state index contributed by atoms with van der Waals surface area (Å²) in [6, 6.07) is 0. The Labute approximate surface area is 117 Å². The van der Waals surface area contributed by atoms with Crippen molar-refractivity contribution >= 4 is 6.09 Å². The van der Waals surface area contributed by atoms with E-state index in [4.69, 9.17) is 4.74 Å². The van der Waals surface area contributed by atoms with E-state index in [0.29, 0.717) is 0 Å². The maximum absolute atomic E-state index is 12.0. The Hall–Kier alpha value is -0.770. The number of ether oxygens (including phenoxy) is 1. The maximum Gasteiger partial charge on any atom is 0.410 e. The fourth-order valence-corrected chi connectivity index (χ4v) is 2.70. The first-order valence-electron chi connectivity index (χ1n) is 7.64. The molecule has 0 aromatic heterocycles. The van der Waals surface area contributed by atoms with Gasteiger partial charge in [-0.15, -0.1) is 0 Å². The molecule has 4 heteroatoms. The Bertz CT molecular complexity index is 308. The molecule has 19 heavy (non-hydrogen) atoms. The predicted octanol–water partition coefficient (Wildman–Crippen LogP) is 2.73. The third-order valence-corrected chi connectivity index (χ3v) is 3.98. The molecule has 2 fully saturated rings. The van der Waals surface area contributed by atoms with Crippen LogP contribution >= 0.6 is 0 Å². The molecule has 0 aromatic rings. The zero-order valence-electron chi connectivity index (χ0n) is 12.7. The summed E-state index contributed by atoms with van der Waals surface area (Å²) >= 11 is 0. The molecule has 1 aliphatic heterocycles. The lowest BCUT2D eigenvalue weighted by Crippen LogP contribution is -2.40. The highest BCUT2D eigenvalue weighted by molar-refractivity contribution is 5.68. The molecule has 0 N–H and O–H groups in total. The second kappa shape index (κ2) is 6.12. The highest BCUT2D eigenvalue weighted by atomic mass is 16.6. The average Bonchev–Trinajstić information content (AvgIpc) is 2.46. The number of nitrogens with zero attached hydrogens (tertiary/aromatic N) is 2. The van der Waals surface area contributed by atoms with Crippen LogP contribution in [-0.4, -0.2) is 54.2 Å². The third kappa shape index (κ3) is 4.68. The number of carbonyl (C=O) groups excluding carboxylic acids is 1. The zero-order chi connectivity index (χ0) is 13.9. The minimum Gasteiger partial charge on any atom is -0.444 e. The standard InChI is InChI=1S/C15H28N2O2/c1-15(2,3)19-14(18)17-9-5-8-16(10-11-17)12-13-6-4-7-13/h13H,4-12H2,1-3H3. The second-order valence-corrected chi connectivity index (χ2v) is 6.92. The van der Waals surface area contributed by atoms with Gasteiger partial charge in [0, 0.05) is 26.2 Å². The SMILES string of the molecule is CC(C)(C)OC(=O)N1CCCN(CC2CCC2)CC1. The molecule has 0 spiro atoms. The van der Waals surface area contributed by atoms with Crippen LogP contribution in [0.15, 0.2) is 0 Å². The molecule has 2 rings (SSSR count). The molecule has 0 bridgehead atoms. The summed E-state index contributed by atoms with van der Waals surface area (Å²) < 4.78 is 5.45. The van der Waals surface area contributed by atoms with Gasteiger partial charge in [-0.2, -0.15) is 0 Å². The summed E-state index contributed by atoms with van der Waals surface area (Å²) in [5.74, 6) is 0.910. The van der Waals surface area contributed by atoms with Crippen LogP contribution in [0.25, 0.3) is 0 Å². The van der Waals surface area contributed by atoms with E-state index < -0.39 is 5.60 Å². The van der Waals surface area contributed by atoms with E-state index in [1.807, 2.05) is 25.7 Å². The number of rotatable bonds is 2. The largest absolute Gasteiger partial charge is 0.444 e. The second-order valence-electron chi connectivity index (χ2n) is 6.92. The van der Waals surface area contributed by atoms with E-state index in [2.05, 4.69) is 4.90 Å². The van der Waals surface area contributed by atoms with Crippen LogP contribution in [0.3, 0.4) is 0 Å². The van der Waals surface area contributed by atoms with E-state index in [1.165, 1.54) is 25.8 Å². The molecule has 0 aromatic carbocycles. The van der Waals surface area contributed by atoms with Gasteiger partial charge in [0.25, 0.3) is 0 Å². The smallest absolute Gasteiger partial charge is 0.410 e.